The summed E-state index contributed by atoms with van der Waals surface area (Å²) >= 11 is 0. The van der Waals surface area contributed by atoms with Crippen LogP contribution in [0.25, 0.3) is 0 Å². The van der Waals surface area contributed by atoms with Crippen LogP contribution < -0.4 is 0 Å². The normalized spacial score (nSPS) is 12.5. The molecular formula is C26H50O3. The second kappa shape index (κ2) is 23.4. The number of hydrogen-bond donors (Lipinski definition) is 1. The van der Waals surface area contributed by atoms with Gasteiger partial charge in [0.15, 0.2) is 0 Å². The van der Waals surface area contributed by atoms with Crippen LogP contribution in [0.2, 0.25) is 0 Å². The van der Waals surface area contributed by atoms with Gasteiger partial charge in [0.1, 0.15) is 0 Å². The Labute approximate surface area is 181 Å². The standard InChI is InChI=1S/C26H50O3/c1-3-5-7-9-16-20-24-29-26(28)23-19-15-13-11-10-12-14-18-22-25(27)21-17-8-6-4-2/h14,18,25,27H,3-13,15-17,19-24H2,1-2H3/b18-14+/t25-/m1/s1. The van der Waals surface area contributed by atoms with Crippen LogP contribution in [0.1, 0.15) is 136 Å². The van der Waals surface area contributed by atoms with Gasteiger partial charge in [-0.15, -0.1) is 0 Å². The van der Waals surface area contributed by atoms with Crippen LogP contribution >= 0.6 is 0 Å². The lowest BCUT2D eigenvalue weighted by Gasteiger charge is -2.07. The van der Waals surface area contributed by atoms with E-state index in [1.165, 1.54) is 70.6 Å². The van der Waals surface area contributed by atoms with Crippen molar-refractivity contribution in [3.63, 3.8) is 0 Å². The average molecular weight is 411 g/mol. The summed E-state index contributed by atoms with van der Waals surface area (Å²) in [7, 11) is 0. The van der Waals surface area contributed by atoms with E-state index >= 15 is 0 Å². The van der Waals surface area contributed by atoms with Gasteiger partial charge in [-0.1, -0.05) is 103 Å². The molecule has 172 valence electrons. The van der Waals surface area contributed by atoms with Crippen LogP contribution in [0.5, 0.6) is 0 Å². The number of unbranched alkanes of at least 4 members (excludes halogenated alkanes) is 13. The third kappa shape index (κ3) is 23.3. The lowest BCUT2D eigenvalue weighted by molar-refractivity contribution is -0.143. The Hall–Kier alpha value is -0.830. The molecule has 0 fully saturated rings. The average Bonchev–Trinajstić information content (AvgIpc) is 2.72. The topological polar surface area (TPSA) is 46.5 Å². The van der Waals surface area contributed by atoms with E-state index in [4.69, 9.17) is 4.74 Å². The minimum Gasteiger partial charge on any atom is -0.466 e. The number of aliphatic hydroxyl groups excluding tert-OH is 1. The van der Waals surface area contributed by atoms with Gasteiger partial charge in [0.25, 0.3) is 0 Å². The molecule has 0 amide bonds. The molecule has 1 atom stereocenters. The fourth-order valence-electron chi connectivity index (χ4n) is 3.50. The molecule has 0 aliphatic heterocycles. The van der Waals surface area contributed by atoms with Crippen LogP contribution in [0.3, 0.4) is 0 Å². The van der Waals surface area contributed by atoms with Gasteiger partial charge in [-0.05, 0) is 38.5 Å². The predicted molar refractivity (Wildman–Crippen MR) is 125 cm³/mol. The van der Waals surface area contributed by atoms with Crippen molar-refractivity contribution >= 4 is 5.97 Å². The van der Waals surface area contributed by atoms with Gasteiger partial charge < -0.3 is 9.84 Å². The third-order valence-electron chi connectivity index (χ3n) is 5.48. The summed E-state index contributed by atoms with van der Waals surface area (Å²) in [6.07, 6.45) is 25.6. The Kier molecular flexibility index (Phi) is 22.8. The van der Waals surface area contributed by atoms with Crippen molar-refractivity contribution in [2.75, 3.05) is 6.61 Å². The van der Waals surface area contributed by atoms with Crippen molar-refractivity contribution in [3.8, 4) is 0 Å². The van der Waals surface area contributed by atoms with Crippen LogP contribution in [-0.4, -0.2) is 23.8 Å². The molecular weight excluding hydrogens is 360 g/mol. The van der Waals surface area contributed by atoms with Gasteiger partial charge in [-0.3, -0.25) is 4.79 Å². The first-order chi connectivity index (χ1) is 14.2. The number of aliphatic hydroxyl groups is 1. The summed E-state index contributed by atoms with van der Waals surface area (Å²) in [5.41, 5.74) is 0. The highest BCUT2D eigenvalue weighted by Crippen LogP contribution is 2.11. The first-order valence-electron chi connectivity index (χ1n) is 12.7. The third-order valence-corrected chi connectivity index (χ3v) is 5.48. The zero-order chi connectivity index (χ0) is 21.4. The molecule has 0 saturated heterocycles. The lowest BCUT2D eigenvalue weighted by Crippen LogP contribution is -2.05. The van der Waals surface area contributed by atoms with Crippen LogP contribution in [0.4, 0.5) is 0 Å². The van der Waals surface area contributed by atoms with Crippen molar-refractivity contribution in [3.05, 3.63) is 12.2 Å². The molecule has 0 heterocycles. The SMILES string of the molecule is CCCCCCCCOC(=O)CCCCCCC/C=C/C[C@H](O)CCCCCC. The van der Waals surface area contributed by atoms with Crippen LogP contribution in [0.15, 0.2) is 12.2 Å². The number of rotatable bonds is 22. The summed E-state index contributed by atoms with van der Waals surface area (Å²) in [4.78, 5) is 11.7. The molecule has 29 heavy (non-hydrogen) atoms. The van der Waals surface area contributed by atoms with E-state index in [0.717, 1.165) is 44.9 Å². The first kappa shape index (κ1) is 28.2. The molecule has 3 nitrogen and oxygen atoms in total. The summed E-state index contributed by atoms with van der Waals surface area (Å²) in [6, 6.07) is 0. The number of esters is 1. The predicted octanol–water partition coefficient (Wildman–Crippen LogP) is 7.90. The summed E-state index contributed by atoms with van der Waals surface area (Å²) < 4.78 is 5.31. The smallest absolute Gasteiger partial charge is 0.305 e. The highest BCUT2D eigenvalue weighted by Gasteiger charge is 2.03. The Morgan fingerprint density at radius 2 is 1.34 bits per heavy atom. The Morgan fingerprint density at radius 1 is 0.759 bits per heavy atom. The number of carbonyl (C=O) groups excluding carboxylic acids is 1. The number of allylic oxidation sites excluding steroid dienone is 1. The number of hydrogen-bond acceptors (Lipinski definition) is 3. The van der Waals surface area contributed by atoms with Gasteiger partial charge in [0.2, 0.25) is 0 Å². The lowest BCUT2D eigenvalue weighted by atomic mass is 10.1. The van der Waals surface area contributed by atoms with Gasteiger partial charge in [0.05, 0.1) is 12.7 Å². The van der Waals surface area contributed by atoms with Gasteiger partial charge in [0, 0.05) is 6.42 Å². The molecule has 0 aromatic heterocycles. The van der Waals surface area contributed by atoms with E-state index in [1.807, 2.05) is 0 Å². The second-order valence-electron chi connectivity index (χ2n) is 8.50. The summed E-state index contributed by atoms with van der Waals surface area (Å²) in [5, 5.41) is 9.92. The van der Waals surface area contributed by atoms with E-state index < -0.39 is 0 Å². The molecule has 0 aromatic carbocycles. The molecule has 0 aliphatic carbocycles. The van der Waals surface area contributed by atoms with Crippen molar-refractivity contribution in [2.45, 2.75) is 142 Å². The fraction of sp³-hybridized carbons (Fsp3) is 0.885. The molecule has 1 N–H and O–H groups in total. The Bertz CT molecular complexity index is 365. The van der Waals surface area contributed by atoms with Crippen LogP contribution in [0, 0.1) is 0 Å². The molecule has 0 saturated carbocycles. The number of ether oxygens (including phenoxy) is 1. The van der Waals surface area contributed by atoms with Crippen molar-refractivity contribution in [1.29, 1.82) is 0 Å². The van der Waals surface area contributed by atoms with Crippen LogP contribution in [-0.2, 0) is 9.53 Å². The van der Waals surface area contributed by atoms with Crippen molar-refractivity contribution < 1.29 is 14.6 Å². The molecule has 0 radical (unpaired) electrons. The molecule has 0 bridgehead atoms. The second-order valence-corrected chi connectivity index (χ2v) is 8.50. The van der Waals surface area contributed by atoms with Gasteiger partial charge >= 0.3 is 5.97 Å². The van der Waals surface area contributed by atoms with E-state index in [0.29, 0.717) is 13.0 Å². The fourth-order valence-corrected chi connectivity index (χ4v) is 3.50. The van der Waals surface area contributed by atoms with E-state index in [9.17, 15) is 9.90 Å². The van der Waals surface area contributed by atoms with E-state index in [1.54, 1.807) is 0 Å². The Morgan fingerprint density at radius 3 is 2.07 bits per heavy atom. The van der Waals surface area contributed by atoms with E-state index in [2.05, 4.69) is 26.0 Å². The maximum absolute atomic E-state index is 11.7. The highest BCUT2D eigenvalue weighted by atomic mass is 16.5. The largest absolute Gasteiger partial charge is 0.466 e. The first-order valence-corrected chi connectivity index (χ1v) is 12.7. The summed E-state index contributed by atoms with van der Waals surface area (Å²) in [6.45, 7) is 5.04. The quantitative estimate of drug-likeness (QED) is 0.112. The van der Waals surface area contributed by atoms with Crippen molar-refractivity contribution in [1.82, 2.24) is 0 Å². The molecule has 0 spiro atoms. The number of carbonyl (C=O) groups is 1. The molecule has 3 heteroatoms. The van der Waals surface area contributed by atoms with Gasteiger partial charge in [-0.2, -0.15) is 0 Å². The monoisotopic (exact) mass is 410 g/mol. The van der Waals surface area contributed by atoms with E-state index in [-0.39, 0.29) is 12.1 Å². The molecule has 0 unspecified atom stereocenters. The zero-order valence-electron chi connectivity index (χ0n) is 19.6. The maximum Gasteiger partial charge on any atom is 0.305 e. The zero-order valence-corrected chi connectivity index (χ0v) is 19.6. The molecule has 0 aliphatic rings. The van der Waals surface area contributed by atoms with Gasteiger partial charge in [-0.25, -0.2) is 0 Å². The molecule has 0 rings (SSSR count). The van der Waals surface area contributed by atoms with Crippen molar-refractivity contribution in [2.24, 2.45) is 0 Å². The highest BCUT2D eigenvalue weighted by molar-refractivity contribution is 5.69. The minimum absolute atomic E-state index is 0.0188. The summed E-state index contributed by atoms with van der Waals surface area (Å²) in [5.74, 6) is -0.0188. The maximum atomic E-state index is 11.7. The Balaban J connectivity index is 3.30. The minimum atomic E-state index is -0.163. The molecule has 0 aromatic rings.